The van der Waals surface area contributed by atoms with Gasteiger partial charge in [-0.05, 0) is 42.8 Å². The minimum Gasteiger partial charge on any atom is -0.369 e. The molecule has 3 fully saturated rings. The van der Waals surface area contributed by atoms with Gasteiger partial charge in [-0.25, -0.2) is 4.90 Å². The highest BCUT2D eigenvalue weighted by Crippen LogP contribution is 2.58. The maximum Gasteiger partial charge on any atom is 0.240 e. The van der Waals surface area contributed by atoms with E-state index in [4.69, 9.17) is 4.74 Å². The zero-order valence-corrected chi connectivity index (χ0v) is 17.8. The number of anilines is 3. The molecule has 3 aromatic carbocycles. The second kappa shape index (κ2) is 7.39. The van der Waals surface area contributed by atoms with Crippen molar-refractivity contribution in [3.63, 3.8) is 0 Å². The number of para-hydroxylation sites is 3. The molecule has 1 spiro atoms. The summed E-state index contributed by atoms with van der Waals surface area (Å²) >= 11 is 0. The van der Waals surface area contributed by atoms with E-state index in [9.17, 15) is 14.4 Å². The number of ether oxygens (including phenoxy) is 1. The lowest BCUT2D eigenvalue weighted by atomic mass is 9.88. The summed E-state index contributed by atoms with van der Waals surface area (Å²) in [5.41, 5.74) is 1.26. The van der Waals surface area contributed by atoms with Gasteiger partial charge in [-0.3, -0.25) is 19.3 Å². The Morgan fingerprint density at radius 2 is 1.33 bits per heavy atom. The van der Waals surface area contributed by atoms with E-state index in [-0.39, 0.29) is 17.7 Å². The molecule has 3 amide bonds. The van der Waals surface area contributed by atoms with E-state index >= 15 is 0 Å². The summed E-state index contributed by atoms with van der Waals surface area (Å²) in [6.07, 6.45) is 0.372. The molecule has 1 aliphatic carbocycles. The maximum absolute atomic E-state index is 14.1. The molecule has 164 valence electrons. The Balaban J connectivity index is 1.41. The number of benzene rings is 3. The van der Waals surface area contributed by atoms with Crippen molar-refractivity contribution in [1.29, 1.82) is 0 Å². The molecule has 0 bridgehead atoms. The first-order valence-electron chi connectivity index (χ1n) is 11.1. The summed E-state index contributed by atoms with van der Waals surface area (Å²) in [5, 5.41) is 0. The Hall–Kier alpha value is -3.77. The normalized spacial score (nSPS) is 27.6. The van der Waals surface area contributed by atoms with Crippen LogP contribution in [-0.2, 0) is 19.1 Å². The number of nitrogens with zero attached hydrogens (tertiary/aromatic N) is 2. The minimum absolute atomic E-state index is 0.189. The number of rotatable bonds is 4. The minimum atomic E-state index is -0.734. The van der Waals surface area contributed by atoms with Gasteiger partial charge in [-0.2, -0.15) is 0 Å². The Kier molecular flexibility index (Phi) is 4.45. The summed E-state index contributed by atoms with van der Waals surface area (Å²) in [4.78, 5) is 44.0. The average Bonchev–Trinajstić information content (AvgIpc) is 3.47. The Bertz CT molecular complexity index is 1190. The van der Waals surface area contributed by atoms with E-state index in [1.807, 2.05) is 66.7 Å². The van der Waals surface area contributed by atoms with E-state index in [1.165, 1.54) is 4.90 Å². The number of carbonyl (C=O) groups excluding carboxylic acids is 3. The summed E-state index contributed by atoms with van der Waals surface area (Å²) in [6, 6.07) is 27.7. The predicted molar refractivity (Wildman–Crippen MR) is 123 cm³/mol. The largest absolute Gasteiger partial charge is 0.369 e. The third-order valence-electron chi connectivity index (χ3n) is 7.01. The lowest BCUT2D eigenvalue weighted by Gasteiger charge is -2.28. The summed E-state index contributed by atoms with van der Waals surface area (Å²) < 4.78 is 5.77. The lowest BCUT2D eigenvalue weighted by molar-refractivity contribution is -0.129. The van der Waals surface area contributed by atoms with Gasteiger partial charge in [0, 0.05) is 11.4 Å². The van der Waals surface area contributed by atoms with Gasteiger partial charge in [0.1, 0.15) is 5.60 Å². The second-order valence-electron chi connectivity index (χ2n) is 8.86. The molecular formula is C27H22N2O4. The van der Waals surface area contributed by atoms with Crippen LogP contribution >= 0.6 is 0 Å². The van der Waals surface area contributed by atoms with Crippen molar-refractivity contribution in [2.45, 2.75) is 12.0 Å². The van der Waals surface area contributed by atoms with Crippen LogP contribution in [0.4, 0.5) is 17.1 Å². The Morgan fingerprint density at radius 1 is 0.818 bits per heavy atom. The lowest BCUT2D eigenvalue weighted by Crippen LogP contribution is -2.39. The Morgan fingerprint density at radius 3 is 1.85 bits per heavy atom. The topological polar surface area (TPSA) is 70.2 Å². The van der Waals surface area contributed by atoms with Crippen LogP contribution in [0.25, 0.3) is 0 Å². The molecule has 2 aliphatic heterocycles. The molecule has 6 heteroatoms. The predicted octanol–water partition coefficient (Wildman–Crippen LogP) is 3.95. The average molecular weight is 438 g/mol. The second-order valence-corrected chi connectivity index (χ2v) is 8.86. The van der Waals surface area contributed by atoms with Gasteiger partial charge in [0.2, 0.25) is 17.7 Å². The molecule has 6 nitrogen and oxygen atoms in total. The molecule has 0 aromatic heterocycles. The third-order valence-corrected chi connectivity index (χ3v) is 7.01. The van der Waals surface area contributed by atoms with Crippen LogP contribution in [0.1, 0.15) is 6.42 Å². The molecule has 6 rings (SSSR count). The molecule has 3 aromatic rings. The molecular weight excluding hydrogens is 416 g/mol. The molecule has 3 aliphatic rings. The third kappa shape index (κ3) is 3.02. The summed E-state index contributed by atoms with van der Waals surface area (Å²) in [7, 11) is 0. The van der Waals surface area contributed by atoms with Gasteiger partial charge in [-0.15, -0.1) is 0 Å². The van der Waals surface area contributed by atoms with E-state index < -0.39 is 23.4 Å². The number of hydrogen-bond donors (Lipinski definition) is 0. The monoisotopic (exact) mass is 438 g/mol. The highest BCUT2D eigenvalue weighted by molar-refractivity contribution is 6.24. The van der Waals surface area contributed by atoms with Crippen molar-refractivity contribution in [3.05, 3.63) is 91.0 Å². The first kappa shape index (κ1) is 19.9. The van der Waals surface area contributed by atoms with Gasteiger partial charge < -0.3 is 4.74 Å². The van der Waals surface area contributed by atoms with Crippen LogP contribution in [0, 0.1) is 17.8 Å². The van der Waals surface area contributed by atoms with Crippen LogP contribution < -0.4 is 9.80 Å². The van der Waals surface area contributed by atoms with Crippen molar-refractivity contribution >= 4 is 34.8 Å². The van der Waals surface area contributed by atoms with Crippen LogP contribution in [0.3, 0.4) is 0 Å². The number of epoxide rings is 1. The number of fused-ring (bicyclic) bond motifs is 2. The van der Waals surface area contributed by atoms with E-state index in [1.54, 1.807) is 29.2 Å². The SMILES string of the molecule is O=C1C2C(C(=O)N1c1ccccc1)[C@]1(CO1)C[C@@H]2C(=O)N(c1ccccc1)c1ccccc1. The number of imide groups is 1. The molecule has 4 atom stereocenters. The van der Waals surface area contributed by atoms with Crippen LogP contribution in [0.2, 0.25) is 0 Å². The first-order chi connectivity index (χ1) is 16.1. The fraction of sp³-hybridized carbons (Fsp3) is 0.222. The van der Waals surface area contributed by atoms with Crippen molar-refractivity contribution in [2.24, 2.45) is 17.8 Å². The number of carbonyl (C=O) groups is 3. The summed E-state index contributed by atoms with van der Waals surface area (Å²) in [5.74, 6) is -2.79. The van der Waals surface area contributed by atoms with Gasteiger partial charge in [0.25, 0.3) is 0 Å². The van der Waals surface area contributed by atoms with Gasteiger partial charge in [0.05, 0.1) is 30.0 Å². The van der Waals surface area contributed by atoms with Gasteiger partial charge in [-0.1, -0.05) is 54.6 Å². The zero-order valence-electron chi connectivity index (χ0n) is 17.8. The number of amides is 3. The van der Waals surface area contributed by atoms with Crippen LogP contribution in [-0.4, -0.2) is 29.9 Å². The quantitative estimate of drug-likeness (QED) is 0.457. The van der Waals surface area contributed by atoms with Crippen molar-refractivity contribution < 1.29 is 19.1 Å². The molecule has 2 heterocycles. The molecule has 2 saturated heterocycles. The highest BCUT2D eigenvalue weighted by atomic mass is 16.6. The smallest absolute Gasteiger partial charge is 0.240 e. The summed E-state index contributed by atoms with van der Waals surface area (Å²) in [6.45, 7) is 0.399. The fourth-order valence-corrected chi connectivity index (χ4v) is 5.46. The standard InChI is InChI=1S/C27H22N2O4/c30-24(28(18-10-4-1-5-11-18)19-12-6-2-7-13-19)21-16-27(17-33-27)23-22(21)25(31)29(26(23)32)20-14-8-3-9-15-20/h1-15,21-23H,16-17H2/t21-,22?,23?,27+/m0/s1. The van der Waals surface area contributed by atoms with E-state index in [2.05, 4.69) is 0 Å². The molecule has 2 unspecified atom stereocenters. The molecule has 1 saturated carbocycles. The highest BCUT2D eigenvalue weighted by Gasteiger charge is 2.72. The van der Waals surface area contributed by atoms with Gasteiger partial charge in [0.15, 0.2) is 0 Å². The van der Waals surface area contributed by atoms with E-state index in [0.717, 1.165) is 11.4 Å². The van der Waals surface area contributed by atoms with Crippen molar-refractivity contribution in [1.82, 2.24) is 0 Å². The molecule has 0 N–H and O–H groups in total. The van der Waals surface area contributed by atoms with Crippen LogP contribution in [0.5, 0.6) is 0 Å². The molecule has 0 radical (unpaired) electrons. The maximum atomic E-state index is 14.1. The number of hydrogen-bond acceptors (Lipinski definition) is 4. The Labute approximate surface area is 191 Å². The molecule has 33 heavy (non-hydrogen) atoms. The van der Waals surface area contributed by atoms with Crippen molar-refractivity contribution in [3.8, 4) is 0 Å². The fourth-order valence-electron chi connectivity index (χ4n) is 5.46. The van der Waals surface area contributed by atoms with Crippen LogP contribution in [0.15, 0.2) is 91.0 Å². The van der Waals surface area contributed by atoms with Gasteiger partial charge >= 0.3 is 0 Å². The first-order valence-corrected chi connectivity index (χ1v) is 11.1. The zero-order chi connectivity index (χ0) is 22.6. The van der Waals surface area contributed by atoms with E-state index in [0.29, 0.717) is 18.7 Å². The van der Waals surface area contributed by atoms with Crippen molar-refractivity contribution in [2.75, 3.05) is 16.4 Å².